The summed E-state index contributed by atoms with van der Waals surface area (Å²) in [4.78, 5) is 4.40. The van der Waals surface area contributed by atoms with E-state index in [2.05, 4.69) is 28.7 Å². The highest BCUT2D eigenvalue weighted by Crippen LogP contribution is 2.18. The third kappa shape index (κ3) is 2.65. The van der Waals surface area contributed by atoms with Crippen LogP contribution in [-0.4, -0.2) is 22.8 Å². The van der Waals surface area contributed by atoms with Crippen molar-refractivity contribution in [1.29, 1.82) is 0 Å². The van der Waals surface area contributed by atoms with Gasteiger partial charge in [0.2, 0.25) is 0 Å². The SMILES string of the molecule is CCCOCCn1cc(CN)c2cccnc21. The number of pyridine rings is 1. The summed E-state index contributed by atoms with van der Waals surface area (Å²) in [6.45, 7) is 5.02. The Morgan fingerprint density at radius 2 is 2.29 bits per heavy atom. The lowest BCUT2D eigenvalue weighted by Gasteiger charge is -2.04. The van der Waals surface area contributed by atoms with E-state index in [9.17, 15) is 0 Å². The Morgan fingerprint density at radius 1 is 1.41 bits per heavy atom. The van der Waals surface area contributed by atoms with E-state index in [-0.39, 0.29) is 0 Å². The Hall–Kier alpha value is -1.39. The van der Waals surface area contributed by atoms with Crippen molar-refractivity contribution in [2.24, 2.45) is 5.73 Å². The maximum absolute atomic E-state index is 5.73. The lowest BCUT2D eigenvalue weighted by atomic mass is 10.2. The summed E-state index contributed by atoms with van der Waals surface area (Å²) >= 11 is 0. The fraction of sp³-hybridized carbons (Fsp3) is 0.462. The Balaban J connectivity index is 2.16. The fourth-order valence-corrected chi connectivity index (χ4v) is 1.94. The van der Waals surface area contributed by atoms with Crippen LogP contribution in [0.3, 0.4) is 0 Å². The molecule has 2 aromatic rings. The molecule has 0 saturated heterocycles. The smallest absolute Gasteiger partial charge is 0.140 e. The van der Waals surface area contributed by atoms with Crippen LogP contribution in [0.25, 0.3) is 11.0 Å². The summed E-state index contributed by atoms with van der Waals surface area (Å²) in [5.74, 6) is 0. The molecule has 0 atom stereocenters. The molecule has 2 rings (SSSR count). The second kappa shape index (κ2) is 5.80. The van der Waals surface area contributed by atoms with Gasteiger partial charge in [0.05, 0.1) is 6.61 Å². The van der Waals surface area contributed by atoms with Gasteiger partial charge in [0, 0.05) is 37.5 Å². The molecule has 0 unspecified atom stereocenters. The van der Waals surface area contributed by atoms with E-state index >= 15 is 0 Å². The monoisotopic (exact) mass is 233 g/mol. The van der Waals surface area contributed by atoms with Gasteiger partial charge in [0.25, 0.3) is 0 Å². The zero-order valence-corrected chi connectivity index (χ0v) is 10.2. The number of hydrogen-bond donors (Lipinski definition) is 1. The van der Waals surface area contributed by atoms with Crippen LogP contribution in [0.4, 0.5) is 0 Å². The quantitative estimate of drug-likeness (QED) is 0.775. The minimum atomic E-state index is 0.547. The van der Waals surface area contributed by atoms with Gasteiger partial charge in [-0.25, -0.2) is 4.98 Å². The van der Waals surface area contributed by atoms with Crippen LogP contribution in [0, 0.1) is 0 Å². The van der Waals surface area contributed by atoms with E-state index < -0.39 is 0 Å². The van der Waals surface area contributed by atoms with Crippen LogP contribution in [0.1, 0.15) is 18.9 Å². The fourth-order valence-electron chi connectivity index (χ4n) is 1.94. The van der Waals surface area contributed by atoms with Gasteiger partial charge < -0.3 is 15.0 Å². The third-order valence-electron chi connectivity index (χ3n) is 2.76. The van der Waals surface area contributed by atoms with Gasteiger partial charge in [-0.05, 0) is 24.1 Å². The largest absolute Gasteiger partial charge is 0.380 e. The van der Waals surface area contributed by atoms with E-state index in [0.717, 1.165) is 42.8 Å². The van der Waals surface area contributed by atoms with Gasteiger partial charge >= 0.3 is 0 Å². The van der Waals surface area contributed by atoms with E-state index in [1.165, 1.54) is 0 Å². The molecule has 4 heteroatoms. The second-order valence-corrected chi connectivity index (χ2v) is 4.04. The molecular weight excluding hydrogens is 214 g/mol. The Morgan fingerprint density at radius 3 is 3.06 bits per heavy atom. The van der Waals surface area contributed by atoms with Gasteiger partial charge in [-0.2, -0.15) is 0 Å². The molecule has 0 aromatic carbocycles. The highest BCUT2D eigenvalue weighted by atomic mass is 16.5. The van der Waals surface area contributed by atoms with Crippen molar-refractivity contribution >= 4 is 11.0 Å². The third-order valence-corrected chi connectivity index (χ3v) is 2.76. The molecule has 2 heterocycles. The van der Waals surface area contributed by atoms with Crippen molar-refractivity contribution in [2.45, 2.75) is 26.4 Å². The van der Waals surface area contributed by atoms with Gasteiger partial charge in [0.1, 0.15) is 5.65 Å². The summed E-state index contributed by atoms with van der Waals surface area (Å²) in [6.07, 6.45) is 4.94. The summed E-state index contributed by atoms with van der Waals surface area (Å²) in [5, 5.41) is 1.14. The number of hydrogen-bond acceptors (Lipinski definition) is 3. The van der Waals surface area contributed by atoms with E-state index in [0.29, 0.717) is 6.54 Å². The minimum absolute atomic E-state index is 0.547. The molecule has 2 aromatic heterocycles. The molecule has 0 saturated carbocycles. The number of fused-ring (bicyclic) bond motifs is 1. The lowest BCUT2D eigenvalue weighted by molar-refractivity contribution is 0.127. The Labute approximate surface area is 101 Å². The molecule has 0 aliphatic heterocycles. The normalized spacial score (nSPS) is 11.2. The summed E-state index contributed by atoms with van der Waals surface area (Å²) < 4.78 is 7.62. The van der Waals surface area contributed by atoms with Crippen molar-refractivity contribution in [3.8, 4) is 0 Å². The van der Waals surface area contributed by atoms with Crippen LogP contribution in [0.15, 0.2) is 24.5 Å². The molecular formula is C13H19N3O. The number of rotatable bonds is 6. The van der Waals surface area contributed by atoms with Crippen LogP contribution < -0.4 is 5.73 Å². The van der Waals surface area contributed by atoms with Crippen LogP contribution in [0.5, 0.6) is 0 Å². The van der Waals surface area contributed by atoms with Crippen molar-refractivity contribution in [3.63, 3.8) is 0 Å². The van der Waals surface area contributed by atoms with Crippen molar-refractivity contribution in [2.75, 3.05) is 13.2 Å². The molecule has 4 nitrogen and oxygen atoms in total. The first-order valence-electron chi connectivity index (χ1n) is 6.07. The average molecular weight is 233 g/mol. The highest BCUT2D eigenvalue weighted by Gasteiger charge is 2.07. The maximum Gasteiger partial charge on any atom is 0.140 e. The van der Waals surface area contributed by atoms with Gasteiger partial charge in [-0.3, -0.25) is 0 Å². The Kier molecular flexibility index (Phi) is 4.12. The zero-order chi connectivity index (χ0) is 12.1. The van der Waals surface area contributed by atoms with E-state index in [4.69, 9.17) is 10.5 Å². The molecule has 0 fully saturated rings. The lowest BCUT2D eigenvalue weighted by Crippen LogP contribution is -2.06. The number of nitrogens with zero attached hydrogens (tertiary/aromatic N) is 2. The molecule has 0 aliphatic carbocycles. The summed E-state index contributed by atoms with van der Waals surface area (Å²) in [7, 11) is 0. The molecule has 0 bridgehead atoms. The van der Waals surface area contributed by atoms with Crippen LogP contribution >= 0.6 is 0 Å². The summed E-state index contributed by atoms with van der Waals surface area (Å²) in [5.41, 5.74) is 7.87. The molecule has 17 heavy (non-hydrogen) atoms. The first-order valence-corrected chi connectivity index (χ1v) is 6.07. The van der Waals surface area contributed by atoms with Gasteiger partial charge in [-0.1, -0.05) is 6.92 Å². The number of ether oxygens (including phenoxy) is 1. The molecule has 0 spiro atoms. The van der Waals surface area contributed by atoms with Crippen molar-refractivity contribution in [1.82, 2.24) is 9.55 Å². The predicted octanol–water partition coefficient (Wildman–Crippen LogP) is 1.92. The van der Waals surface area contributed by atoms with Crippen molar-refractivity contribution < 1.29 is 4.74 Å². The maximum atomic E-state index is 5.73. The van der Waals surface area contributed by atoms with Crippen LogP contribution in [-0.2, 0) is 17.8 Å². The minimum Gasteiger partial charge on any atom is -0.380 e. The molecule has 92 valence electrons. The molecule has 0 amide bonds. The van der Waals surface area contributed by atoms with Gasteiger partial charge in [0.15, 0.2) is 0 Å². The first kappa shape index (κ1) is 12.1. The van der Waals surface area contributed by atoms with Gasteiger partial charge in [-0.15, -0.1) is 0 Å². The van der Waals surface area contributed by atoms with E-state index in [1.807, 2.05) is 12.3 Å². The molecule has 0 aliphatic rings. The Bertz CT molecular complexity index is 478. The van der Waals surface area contributed by atoms with Crippen molar-refractivity contribution in [3.05, 3.63) is 30.1 Å². The topological polar surface area (TPSA) is 53.1 Å². The predicted molar refractivity (Wildman–Crippen MR) is 68.7 cm³/mol. The molecule has 2 N–H and O–H groups in total. The second-order valence-electron chi connectivity index (χ2n) is 4.04. The van der Waals surface area contributed by atoms with E-state index in [1.54, 1.807) is 0 Å². The average Bonchev–Trinajstić information content (AvgIpc) is 2.73. The van der Waals surface area contributed by atoms with Crippen LogP contribution in [0.2, 0.25) is 0 Å². The number of nitrogens with two attached hydrogens (primary N) is 1. The molecule has 0 radical (unpaired) electrons. The zero-order valence-electron chi connectivity index (χ0n) is 10.2. The standard InChI is InChI=1S/C13H19N3O/c1-2-7-17-8-6-16-10-11(9-14)12-4-3-5-15-13(12)16/h3-5,10H,2,6-9,14H2,1H3. The first-order chi connectivity index (χ1) is 8.36. The highest BCUT2D eigenvalue weighted by molar-refractivity contribution is 5.80. The number of aromatic nitrogens is 2. The summed E-state index contributed by atoms with van der Waals surface area (Å²) in [6, 6.07) is 4.01.